The van der Waals surface area contributed by atoms with E-state index in [2.05, 4.69) is 20.8 Å². The van der Waals surface area contributed by atoms with E-state index >= 15 is 0 Å². The van der Waals surface area contributed by atoms with Crippen LogP contribution >= 0.6 is 0 Å². The van der Waals surface area contributed by atoms with Crippen molar-refractivity contribution in [3.63, 3.8) is 0 Å². The Labute approximate surface area is 76.5 Å². The summed E-state index contributed by atoms with van der Waals surface area (Å²) in [7, 11) is 0. The van der Waals surface area contributed by atoms with E-state index in [1.807, 2.05) is 0 Å². The van der Waals surface area contributed by atoms with Crippen LogP contribution in [0.5, 0.6) is 0 Å². The van der Waals surface area contributed by atoms with Gasteiger partial charge in [0.15, 0.2) is 0 Å². The van der Waals surface area contributed by atoms with Crippen molar-refractivity contribution >= 4 is 0 Å². The molecule has 0 spiro atoms. The molecule has 0 aromatic heterocycles. The fraction of sp³-hybridized carbons (Fsp3) is 1.00. The lowest BCUT2D eigenvalue weighted by Gasteiger charge is -2.19. The van der Waals surface area contributed by atoms with Gasteiger partial charge in [0, 0.05) is 0 Å². The van der Waals surface area contributed by atoms with Gasteiger partial charge in [0.2, 0.25) is 0 Å². The largest absolute Gasteiger partial charge is 0.372 e. The van der Waals surface area contributed by atoms with E-state index in [4.69, 9.17) is 4.74 Å². The smallest absolute Gasteiger partial charge is 0.0631 e. The molecule has 72 valence electrons. The van der Waals surface area contributed by atoms with Gasteiger partial charge in [-0.1, -0.05) is 26.2 Å². The van der Waals surface area contributed by atoms with Crippen LogP contribution in [0.15, 0.2) is 0 Å². The highest BCUT2D eigenvalue weighted by Crippen LogP contribution is 2.31. The minimum Gasteiger partial charge on any atom is -0.372 e. The molecule has 0 saturated carbocycles. The summed E-state index contributed by atoms with van der Waals surface area (Å²) in [6.45, 7) is 6.65. The molecule has 1 heterocycles. The van der Waals surface area contributed by atoms with E-state index in [1.165, 1.54) is 38.5 Å². The standard InChI is InChI=1S/C11H22O/c1-4-5-6-7-10-8-9-11(2,3)12-10/h10H,4-9H2,1-3H3. The third-order valence-corrected chi connectivity index (χ3v) is 2.68. The quantitative estimate of drug-likeness (QED) is 0.586. The highest BCUT2D eigenvalue weighted by molar-refractivity contribution is 4.80. The highest BCUT2D eigenvalue weighted by atomic mass is 16.5. The number of rotatable bonds is 4. The van der Waals surface area contributed by atoms with Crippen molar-refractivity contribution in [2.45, 2.75) is 71.0 Å². The lowest BCUT2D eigenvalue weighted by Crippen LogP contribution is -2.19. The van der Waals surface area contributed by atoms with Crippen molar-refractivity contribution in [2.24, 2.45) is 0 Å². The average Bonchev–Trinajstić information content (AvgIpc) is 2.31. The van der Waals surface area contributed by atoms with E-state index in [0.29, 0.717) is 6.10 Å². The number of ether oxygens (including phenoxy) is 1. The van der Waals surface area contributed by atoms with E-state index in [1.54, 1.807) is 0 Å². The van der Waals surface area contributed by atoms with E-state index in [0.717, 1.165) is 0 Å². The van der Waals surface area contributed by atoms with Crippen molar-refractivity contribution in [1.82, 2.24) is 0 Å². The van der Waals surface area contributed by atoms with Crippen LogP contribution in [0.3, 0.4) is 0 Å². The van der Waals surface area contributed by atoms with Crippen molar-refractivity contribution in [3.05, 3.63) is 0 Å². The minimum atomic E-state index is 0.164. The summed E-state index contributed by atoms with van der Waals surface area (Å²) < 4.78 is 5.90. The van der Waals surface area contributed by atoms with Crippen molar-refractivity contribution in [1.29, 1.82) is 0 Å². The summed E-state index contributed by atoms with van der Waals surface area (Å²) in [6, 6.07) is 0. The Kier molecular flexibility index (Phi) is 3.57. The summed E-state index contributed by atoms with van der Waals surface area (Å²) in [5.41, 5.74) is 0.164. The fourth-order valence-electron chi connectivity index (χ4n) is 1.90. The second-order valence-corrected chi connectivity index (χ2v) is 4.53. The molecule has 1 unspecified atom stereocenters. The molecule has 0 bridgehead atoms. The van der Waals surface area contributed by atoms with Crippen LogP contribution in [0.2, 0.25) is 0 Å². The summed E-state index contributed by atoms with van der Waals surface area (Å²) >= 11 is 0. The first kappa shape index (κ1) is 10.0. The third kappa shape index (κ3) is 3.14. The van der Waals surface area contributed by atoms with Crippen LogP contribution in [0.1, 0.15) is 59.3 Å². The monoisotopic (exact) mass is 170 g/mol. The molecule has 1 atom stereocenters. The van der Waals surface area contributed by atoms with Crippen molar-refractivity contribution in [3.8, 4) is 0 Å². The summed E-state index contributed by atoms with van der Waals surface area (Å²) in [5.74, 6) is 0. The van der Waals surface area contributed by atoms with Gasteiger partial charge in [0.25, 0.3) is 0 Å². The fourth-order valence-corrected chi connectivity index (χ4v) is 1.90. The predicted molar refractivity (Wildman–Crippen MR) is 52.3 cm³/mol. The normalized spacial score (nSPS) is 27.8. The molecular formula is C11H22O. The van der Waals surface area contributed by atoms with Crippen LogP contribution in [-0.2, 0) is 4.74 Å². The molecule has 1 heteroatoms. The Morgan fingerprint density at radius 2 is 2.08 bits per heavy atom. The molecular weight excluding hydrogens is 148 g/mol. The van der Waals surface area contributed by atoms with Gasteiger partial charge in [-0.15, -0.1) is 0 Å². The molecule has 1 fully saturated rings. The van der Waals surface area contributed by atoms with Crippen LogP contribution in [-0.4, -0.2) is 11.7 Å². The molecule has 0 amide bonds. The third-order valence-electron chi connectivity index (χ3n) is 2.68. The predicted octanol–water partition coefficient (Wildman–Crippen LogP) is 3.52. The zero-order chi connectivity index (χ0) is 9.03. The zero-order valence-corrected chi connectivity index (χ0v) is 8.73. The van der Waals surface area contributed by atoms with Crippen LogP contribution < -0.4 is 0 Å². The Bertz CT molecular complexity index is 129. The van der Waals surface area contributed by atoms with Gasteiger partial charge < -0.3 is 4.74 Å². The topological polar surface area (TPSA) is 9.23 Å². The first-order valence-electron chi connectivity index (χ1n) is 5.32. The summed E-state index contributed by atoms with van der Waals surface area (Å²) in [4.78, 5) is 0. The van der Waals surface area contributed by atoms with Gasteiger partial charge >= 0.3 is 0 Å². The maximum Gasteiger partial charge on any atom is 0.0631 e. The molecule has 0 N–H and O–H groups in total. The van der Waals surface area contributed by atoms with E-state index in [9.17, 15) is 0 Å². The zero-order valence-electron chi connectivity index (χ0n) is 8.73. The Morgan fingerprint density at radius 3 is 2.58 bits per heavy atom. The first-order chi connectivity index (χ1) is 5.64. The molecule has 1 aliphatic rings. The van der Waals surface area contributed by atoms with Gasteiger partial charge in [-0.2, -0.15) is 0 Å². The van der Waals surface area contributed by atoms with Gasteiger partial charge in [0.05, 0.1) is 11.7 Å². The highest BCUT2D eigenvalue weighted by Gasteiger charge is 2.30. The second-order valence-electron chi connectivity index (χ2n) is 4.53. The SMILES string of the molecule is CCCCCC1CCC(C)(C)O1. The number of hydrogen-bond acceptors (Lipinski definition) is 1. The van der Waals surface area contributed by atoms with Crippen LogP contribution in [0.4, 0.5) is 0 Å². The van der Waals surface area contributed by atoms with Crippen LogP contribution in [0, 0.1) is 0 Å². The molecule has 1 nitrogen and oxygen atoms in total. The van der Waals surface area contributed by atoms with Gasteiger partial charge in [-0.3, -0.25) is 0 Å². The minimum absolute atomic E-state index is 0.164. The molecule has 12 heavy (non-hydrogen) atoms. The Hall–Kier alpha value is -0.0400. The Balaban J connectivity index is 2.11. The summed E-state index contributed by atoms with van der Waals surface area (Å²) in [5, 5.41) is 0. The Morgan fingerprint density at radius 1 is 1.33 bits per heavy atom. The van der Waals surface area contributed by atoms with Gasteiger partial charge in [0.1, 0.15) is 0 Å². The van der Waals surface area contributed by atoms with Crippen molar-refractivity contribution in [2.75, 3.05) is 0 Å². The van der Waals surface area contributed by atoms with E-state index in [-0.39, 0.29) is 5.60 Å². The lowest BCUT2D eigenvalue weighted by atomic mass is 10.0. The molecule has 1 saturated heterocycles. The molecule has 0 aromatic rings. The van der Waals surface area contributed by atoms with Crippen molar-refractivity contribution < 1.29 is 4.74 Å². The average molecular weight is 170 g/mol. The van der Waals surface area contributed by atoms with Gasteiger partial charge in [-0.25, -0.2) is 0 Å². The number of hydrogen-bond donors (Lipinski definition) is 0. The first-order valence-corrected chi connectivity index (χ1v) is 5.32. The maximum absolute atomic E-state index is 5.90. The molecule has 0 radical (unpaired) electrons. The van der Waals surface area contributed by atoms with E-state index < -0.39 is 0 Å². The summed E-state index contributed by atoms with van der Waals surface area (Å²) in [6.07, 6.45) is 8.37. The molecule has 0 aliphatic carbocycles. The number of unbranched alkanes of at least 4 members (excludes halogenated alkanes) is 2. The van der Waals surface area contributed by atoms with Crippen LogP contribution in [0.25, 0.3) is 0 Å². The molecule has 1 rings (SSSR count). The second kappa shape index (κ2) is 4.27. The lowest BCUT2D eigenvalue weighted by molar-refractivity contribution is -0.0190. The van der Waals surface area contributed by atoms with Gasteiger partial charge in [-0.05, 0) is 33.1 Å². The molecule has 1 aliphatic heterocycles. The molecule has 0 aromatic carbocycles. The maximum atomic E-state index is 5.90.